The minimum absolute atomic E-state index is 0.222. The van der Waals surface area contributed by atoms with Crippen LogP contribution in [0, 0.1) is 0 Å². The molecule has 0 aromatic heterocycles. The number of carbonyl (C=O) groups is 3. The third-order valence-electron chi connectivity index (χ3n) is 3.95. The second-order valence-electron chi connectivity index (χ2n) is 6.99. The first-order valence-corrected chi connectivity index (χ1v) is 11.1. The number of hydrogen-bond acceptors (Lipinski definition) is 3. The summed E-state index contributed by atoms with van der Waals surface area (Å²) in [7, 11) is 0. The number of carboxylic acid groups (broad SMARTS) is 3. The van der Waals surface area contributed by atoms with Gasteiger partial charge >= 0.3 is 11.9 Å². The molecule has 0 unspecified atom stereocenters. The summed E-state index contributed by atoms with van der Waals surface area (Å²) in [6, 6.07) is 0. The fourth-order valence-corrected chi connectivity index (χ4v) is 2.35. The largest absolute Gasteiger partial charge is 0.481 e. The van der Waals surface area contributed by atoms with Gasteiger partial charge in [-0.2, -0.15) is 0 Å². The summed E-state index contributed by atoms with van der Waals surface area (Å²) >= 11 is 0. The maximum Gasteiger partial charge on any atom is 0.303 e. The fraction of sp³-hybridized carbons (Fsp3) is 0.783. The van der Waals surface area contributed by atoms with Crippen LogP contribution in [0.5, 0.6) is 0 Å². The second-order valence-corrected chi connectivity index (χ2v) is 6.99. The van der Waals surface area contributed by atoms with Crippen molar-refractivity contribution in [1.29, 1.82) is 0 Å². The van der Waals surface area contributed by atoms with Crippen molar-refractivity contribution in [2.75, 3.05) is 0 Å². The van der Waals surface area contributed by atoms with Gasteiger partial charge in [0.25, 0.3) is 5.97 Å². The van der Waals surface area contributed by atoms with E-state index in [-0.39, 0.29) is 6.42 Å². The van der Waals surface area contributed by atoms with E-state index >= 15 is 0 Å². The fourth-order valence-electron chi connectivity index (χ4n) is 2.35. The molecule has 6 heteroatoms. The van der Waals surface area contributed by atoms with Crippen LogP contribution in [-0.4, -0.2) is 33.2 Å². The van der Waals surface area contributed by atoms with Crippen molar-refractivity contribution < 1.29 is 29.7 Å². The molecule has 3 N–H and O–H groups in total. The van der Waals surface area contributed by atoms with Crippen molar-refractivity contribution >= 4 is 17.9 Å². The maximum atomic E-state index is 10.3. The van der Waals surface area contributed by atoms with E-state index in [9.17, 15) is 9.59 Å². The van der Waals surface area contributed by atoms with Gasteiger partial charge in [-0.25, -0.2) is 0 Å². The molecule has 29 heavy (non-hydrogen) atoms. The van der Waals surface area contributed by atoms with Crippen molar-refractivity contribution in [3.8, 4) is 0 Å². The quantitative estimate of drug-likeness (QED) is 0.191. The molecule has 0 aliphatic carbocycles. The maximum absolute atomic E-state index is 10.3. The van der Waals surface area contributed by atoms with E-state index in [1.54, 1.807) is 6.92 Å². The zero-order valence-corrected chi connectivity index (χ0v) is 18.8. The normalized spacial score (nSPS) is 9.90. The minimum atomic E-state index is -0.833. The molecule has 0 aromatic carbocycles. The van der Waals surface area contributed by atoms with E-state index < -0.39 is 17.9 Å². The van der Waals surface area contributed by atoms with Gasteiger partial charge in [-0.3, -0.25) is 14.4 Å². The molecule has 172 valence electrons. The average molecular weight is 417 g/mol. The van der Waals surface area contributed by atoms with Gasteiger partial charge in [0.05, 0.1) is 0 Å². The summed E-state index contributed by atoms with van der Waals surface area (Å²) in [5, 5.41) is 23.6. The Morgan fingerprint density at radius 2 is 0.966 bits per heavy atom. The van der Waals surface area contributed by atoms with Gasteiger partial charge in [0.2, 0.25) is 0 Å². The van der Waals surface area contributed by atoms with Crippen LogP contribution < -0.4 is 0 Å². The third kappa shape index (κ3) is 51.9. The number of unbranched alkanes of at least 4 members (excludes halogenated alkanes) is 11. The van der Waals surface area contributed by atoms with Crippen LogP contribution in [0.15, 0.2) is 12.2 Å². The zero-order chi connectivity index (χ0) is 22.8. The Bertz CT molecular complexity index is 400. The summed E-state index contributed by atoms with van der Waals surface area (Å²) in [4.78, 5) is 28.7. The van der Waals surface area contributed by atoms with Gasteiger partial charge in [0.15, 0.2) is 0 Å². The summed E-state index contributed by atoms with van der Waals surface area (Å²) < 4.78 is 0. The molecule has 0 spiro atoms. The lowest BCUT2D eigenvalue weighted by Crippen LogP contribution is -1.93. The Hall–Kier alpha value is -1.85. The van der Waals surface area contributed by atoms with Gasteiger partial charge in [-0.1, -0.05) is 77.4 Å². The highest BCUT2D eigenvalue weighted by atomic mass is 16.4. The van der Waals surface area contributed by atoms with E-state index in [4.69, 9.17) is 20.1 Å². The Morgan fingerprint density at radius 1 is 0.621 bits per heavy atom. The van der Waals surface area contributed by atoms with Crippen molar-refractivity contribution in [3.63, 3.8) is 0 Å². The van der Waals surface area contributed by atoms with Gasteiger partial charge < -0.3 is 15.3 Å². The molecule has 0 aliphatic heterocycles. The van der Waals surface area contributed by atoms with Crippen molar-refractivity contribution in [1.82, 2.24) is 0 Å². The average Bonchev–Trinajstić information content (AvgIpc) is 2.64. The predicted octanol–water partition coefficient (Wildman–Crippen LogP) is 6.68. The molecule has 6 nitrogen and oxygen atoms in total. The molecular formula is C23H44O6. The first-order chi connectivity index (χ1) is 13.8. The number of carboxylic acids is 3. The molecule has 0 radical (unpaired) electrons. The highest BCUT2D eigenvalue weighted by Gasteiger charge is 1.95. The first kappa shape index (κ1) is 31.8. The standard InChI is InChI=1S/C18H34O2.C3H6O2.C2H4O2/c1-2-3-4-5-6-7-8-9-10-11-12-13-14-15-16-17-18(19)20;1-2-3(4)5;1-2(3)4/h9-10H,2-8,11-17H2,1H3,(H,19,20);2H2,1H3,(H,4,5);1H3,(H,3,4)/b10-9-;;. The molecule has 0 atom stereocenters. The van der Waals surface area contributed by atoms with Crippen molar-refractivity contribution in [3.05, 3.63) is 12.2 Å². The smallest absolute Gasteiger partial charge is 0.303 e. The van der Waals surface area contributed by atoms with Crippen LogP contribution >= 0.6 is 0 Å². The predicted molar refractivity (Wildman–Crippen MR) is 118 cm³/mol. The minimum Gasteiger partial charge on any atom is -0.481 e. The summed E-state index contributed by atoms with van der Waals surface area (Å²) in [6.07, 6.45) is 21.5. The molecule has 0 heterocycles. The van der Waals surface area contributed by atoms with Crippen LogP contribution in [0.3, 0.4) is 0 Å². The molecule has 0 bridgehead atoms. The van der Waals surface area contributed by atoms with E-state index in [1.807, 2.05) is 0 Å². The lowest BCUT2D eigenvalue weighted by molar-refractivity contribution is -0.137. The Balaban J connectivity index is -0.000000623. The second kappa shape index (κ2) is 28.4. The van der Waals surface area contributed by atoms with Crippen LogP contribution in [0.1, 0.15) is 117 Å². The zero-order valence-electron chi connectivity index (χ0n) is 18.8. The first-order valence-electron chi connectivity index (χ1n) is 11.1. The van der Waals surface area contributed by atoms with E-state index in [2.05, 4.69) is 19.1 Å². The van der Waals surface area contributed by atoms with E-state index in [0.29, 0.717) is 6.42 Å². The molecule has 0 fully saturated rings. The van der Waals surface area contributed by atoms with Crippen LogP contribution in [-0.2, 0) is 14.4 Å². The summed E-state index contributed by atoms with van der Waals surface area (Å²) in [6.45, 7) is 4.94. The lowest BCUT2D eigenvalue weighted by Gasteiger charge is -1.99. The van der Waals surface area contributed by atoms with E-state index in [0.717, 1.165) is 19.8 Å². The van der Waals surface area contributed by atoms with Crippen LogP contribution in [0.25, 0.3) is 0 Å². The van der Waals surface area contributed by atoms with Crippen molar-refractivity contribution in [2.45, 2.75) is 117 Å². The summed E-state index contributed by atoms with van der Waals surface area (Å²) in [5.41, 5.74) is 0. The third-order valence-corrected chi connectivity index (χ3v) is 3.95. The van der Waals surface area contributed by atoms with Gasteiger partial charge in [-0.15, -0.1) is 0 Å². The SMILES string of the molecule is CC(=O)O.CCC(=O)O.CCCCCCCC/C=C\CCCCCCCC(=O)O. The van der Waals surface area contributed by atoms with Crippen LogP contribution in [0.2, 0.25) is 0 Å². The molecule has 0 rings (SSSR count). The number of allylic oxidation sites excluding steroid dienone is 2. The number of aliphatic carboxylic acids is 3. The number of rotatable bonds is 16. The number of hydrogen-bond donors (Lipinski definition) is 3. The monoisotopic (exact) mass is 416 g/mol. The Labute approximate surface area is 177 Å². The Kier molecular flexibility index (Phi) is 31.1. The molecule has 0 amide bonds. The molecule has 0 saturated carbocycles. The highest BCUT2D eigenvalue weighted by Crippen LogP contribution is 2.09. The van der Waals surface area contributed by atoms with E-state index in [1.165, 1.54) is 70.6 Å². The molecule has 0 aromatic rings. The Morgan fingerprint density at radius 3 is 1.31 bits per heavy atom. The van der Waals surface area contributed by atoms with Crippen LogP contribution in [0.4, 0.5) is 0 Å². The van der Waals surface area contributed by atoms with Gasteiger partial charge in [-0.05, 0) is 32.1 Å². The van der Waals surface area contributed by atoms with Gasteiger partial charge in [0, 0.05) is 19.8 Å². The summed E-state index contributed by atoms with van der Waals surface area (Å²) in [5.74, 6) is -2.24. The lowest BCUT2D eigenvalue weighted by atomic mass is 10.1. The van der Waals surface area contributed by atoms with Gasteiger partial charge in [0.1, 0.15) is 0 Å². The van der Waals surface area contributed by atoms with Crippen molar-refractivity contribution in [2.24, 2.45) is 0 Å². The molecule has 0 saturated heterocycles. The molecule has 0 aliphatic rings. The topological polar surface area (TPSA) is 112 Å². The molecular weight excluding hydrogens is 372 g/mol. The highest BCUT2D eigenvalue weighted by molar-refractivity contribution is 5.66.